The number of para-hydroxylation sites is 1. The average molecular weight is 384 g/mol. The van der Waals surface area contributed by atoms with Crippen LogP contribution in [-0.2, 0) is 6.42 Å². The van der Waals surface area contributed by atoms with E-state index in [1.165, 1.54) is 0 Å². The molecule has 0 atom stereocenters. The van der Waals surface area contributed by atoms with Crippen LogP contribution in [0.1, 0.15) is 23.0 Å². The van der Waals surface area contributed by atoms with Crippen LogP contribution >= 0.6 is 0 Å². The molecule has 0 aliphatic carbocycles. The third-order valence-corrected chi connectivity index (χ3v) is 4.41. The first-order valence-electron chi connectivity index (χ1n) is 9.37. The molecule has 0 saturated carbocycles. The average Bonchev–Trinajstić information content (AvgIpc) is 3.21. The number of nitrogens with zero attached hydrogens (tertiary/aromatic N) is 3. The zero-order chi connectivity index (χ0) is 20.1. The number of rotatable bonds is 6. The van der Waals surface area contributed by atoms with E-state index in [4.69, 9.17) is 4.74 Å². The molecule has 0 saturated heterocycles. The summed E-state index contributed by atoms with van der Waals surface area (Å²) in [5, 5.41) is 7.27. The van der Waals surface area contributed by atoms with Gasteiger partial charge in [0.25, 0.3) is 5.91 Å². The van der Waals surface area contributed by atoms with Crippen LogP contribution in [0.5, 0.6) is 11.5 Å². The van der Waals surface area contributed by atoms with Crippen LogP contribution in [-0.4, -0.2) is 20.7 Å². The molecule has 0 spiro atoms. The van der Waals surface area contributed by atoms with E-state index in [2.05, 4.69) is 15.4 Å². The number of pyridine rings is 1. The lowest BCUT2D eigenvalue weighted by atomic mass is 10.2. The van der Waals surface area contributed by atoms with E-state index >= 15 is 0 Å². The smallest absolute Gasteiger partial charge is 0.259 e. The maximum atomic E-state index is 12.8. The van der Waals surface area contributed by atoms with Gasteiger partial charge in [-0.2, -0.15) is 5.10 Å². The molecule has 2 aromatic carbocycles. The molecular formula is C23H20N4O2. The molecule has 1 amide bonds. The maximum absolute atomic E-state index is 12.8. The van der Waals surface area contributed by atoms with E-state index in [1.54, 1.807) is 17.1 Å². The largest absolute Gasteiger partial charge is 0.457 e. The summed E-state index contributed by atoms with van der Waals surface area (Å²) in [6.07, 6.45) is 3.94. The van der Waals surface area contributed by atoms with Crippen molar-refractivity contribution in [2.75, 3.05) is 5.32 Å². The van der Waals surface area contributed by atoms with E-state index in [0.29, 0.717) is 29.2 Å². The van der Waals surface area contributed by atoms with Crippen LogP contribution in [0.2, 0.25) is 0 Å². The van der Waals surface area contributed by atoms with Crippen LogP contribution in [0, 0.1) is 0 Å². The predicted molar refractivity (Wildman–Crippen MR) is 112 cm³/mol. The van der Waals surface area contributed by atoms with Crippen molar-refractivity contribution in [3.8, 4) is 17.3 Å². The molecule has 6 heteroatoms. The van der Waals surface area contributed by atoms with Gasteiger partial charge in [0.1, 0.15) is 11.5 Å². The predicted octanol–water partition coefficient (Wildman–Crippen LogP) is 4.87. The van der Waals surface area contributed by atoms with Crippen molar-refractivity contribution < 1.29 is 9.53 Å². The highest BCUT2D eigenvalue weighted by atomic mass is 16.5. The molecule has 6 nitrogen and oxygen atoms in total. The van der Waals surface area contributed by atoms with Crippen LogP contribution in [0.25, 0.3) is 5.82 Å². The molecule has 4 rings (SSSR count). The number of carbonyl (C=O) groups is 1. The van der Waals surface area contributed by atoms with Crippen LogP contribution in [0.4, 0.5) is 5.69 Å². The van der Waals surface area contributed by atoms with E-state index in [0.717, 1.165) is 11.4 Å². The Bertz CT molecular complexity index is 1090. The molecule has 0 fully saturated rings. The fourth-order valence-electron chi connectivity index (χ4n) is 3.01. The lowest BCUT2D eigenvalue weighted by Crippen LogP contribution is -2.14. The van der Waals surface area contributed by atoms with Gasteiger partial charge in [-0.1, -0.05) is 31.2 Å². The van der Waals surface area contributed by atoms with E-state index in [1.807, 2.05) is 79.7 Å². The standard InChI is InChI=1S/C23H20N4O2/c1-2-21-20(16-25-27(21)22-10-6-7-15-24-22)23(28)26-17-11-13-19(14-12-17)29-18-8-4-3-5-9-18/h3-16H,2H2,1H3,(H,26,28). The summed E-state index contributed by atoms with van der Waals surface area (Å²) >= 11 is 0. The maximum Gasteiger partial charge on any atom is 0.259 e. The molecule has 0 unspecified atom stereocenters. The number of carbonyl (C=O) groups excluding carboxylic acids is 1. The Morgan fingerprint density at radius 3 is 2.38 bits per heavy atom. The van der Waals surface area contributed by atoms with Gasteiger partial charge in [0.05, 0.1) is 17.5 Å². The zero-order valence-corrected chi connectivity index (χ0v) is 15.9. The Kier molecular flexibility index (Phi) is 5.33. The molecule has 29 heavy (non-hydrogen) atoms. The molecule has 0 bridgehead atoms. The first kappa shape index (κ1) is 18.4. The summed E-state index contributed by atoms with van der Waals surface area (Å²) in [4.78, 5) is 17.1. The minimum atomic E-state index is -0.208. The van der Waals surface area contributed by atoms with Gasteiger partial charge in [-0.05, 0) is 55.0 Å². The number of anilines is 1. The van der Waals surface area contributed by atoms with Gasteiger partial charge in [-0.25, -0.2) is 9.67 Å². The summed E-state index contributed by atoms with van der Waals surface area (Å²) < 4.78 is 7.48. The summed E-state index contributed by atoms with van der Waals surface area (Å²) in [6.45, 7) is 1.99. The highest BCUT2D eigenvalue weighted by molar-refractivity contribution is 6.05. The van der Waals surface area contributed by atoms with E-state index in [9.17, 15) is 4.79 Å². The molecule has 0 aliphatic heterocycles. The Balaban J connectivity index is 1.49. The number of benzene rings is 2. The number of hydrogen-bond donors (Lipinski definition) is 1. The van der Waals surface area contributed by atoms with Crippen LogP contribution in [0.15, 0.2) is 85.2 Å². The Morgan fingerprint density at radius 1 is 0.966 bits per heavy atom. The Hall–Kier alpha value is -3.93. The van der Waals surface area contributed by atoms with Gasteiger partial charge in [0.2, 0.25) is 0 Å². The summed E-state index contributed by atoms with van der Waals surface area (Å²) in [5.74, 6) is 1.94. The van der Waals surface area contributed by atoms with Crippen LogP contribution < -0.4 is 10.1 Å². The third-order valence-electron chi connectivity index (χ3n) is 4.41. The molecular weight excluding hydrogens is 364 g/mol. The highest BCUT2D eigenvalue weighted by Gasteiger charge is 2.17. The normalized spacial score (nSPS) is 10.5. The van der Waals surface area contributed by atoms with Crippen molar-refractivity contribution in [3.05, 3.63) is 96.4 Å². The second-order valence-electron chi connectivity index (χ2n) is 6.35. The van der Waals surface area contributed by atoms with Gasteiger partial charge < -0.3 is 10.1 Å². The summed E-state index contributed by atoms with van der Waals surface area (Å²) in [7, 11) is 0. The van der Waals surface area contributed by atoms with Crippen molar-refractivity contribution in [3.63, 3.8) is 0 Å². The van der Waals surface area contributed by atoms with Crippen molar-refractivity contribution in [2.45, 2.75) is 13.3 Å². The third kappa shape index (κ3) is 4.16. The Labute approximate surface area is 168 Å². The number of ether oxygens (including phenoxy) is 1. The van der Waals surface area contributed by atoms with Gasteiger partial charge in [-0.15, -0.1) is 0 Å². The molecule has 2 heterocycles. The van der Waals surface area contributed by atoms with Gasteiger partial charge in [0, 0.05) is 11.9 Å². The van der Waals surface area contributed by atoms with Crippen molar-refractivity contribution in [2.24, 2.45) is 0 Å². The second kappa shape index (κ2) is 8.39. The Morgan fingerprint density at radius 2 is 1.69 bits per heavy atom. The molecule has 1 N–H and O–H groups in total. The first-order valence-corrected chi connectivity index (χ1v) is 9.37. The van der Waals surface area contributed by atoms with Gasteiger partial charge in [-0.3, -0.25) is 4.79 Å². The topological polar surface area (TPSA) is 69.0 Å². The van der Waals surface area contributed by atoms with Crippen molar-refractivity contribution >= 4 is 11.6 Å². The molecule has 4 aromatic rings. The van der Waals surface area contributed by atoms with Crippen molar-refractivity contribution in [1.82, 2.24) is 14.8 Å². The summed E-state index contributed by atoms with van der Waals surface area (Å²) in [6, 6.07) is 22.4. The molecule has 2 aromatic heterocycles. The van der Waals surface area contributed by atoms with E-state index < -0.39 is 0 Å². The number of nitrogens with one attached hydrogen (secondary N) is 1. The lowest BCUT2D eigenvalue weighted by Gasteiger charge is -2.09. The monoisotopic (exact) mass is 384 g/mol. The van der Waals surface area contributed by atoms with Crippen LogP contribution in [0.3, 0.4) is 0 Å². The van der Waals surface area contributed by atoms with Crippen molar-refractivity contribution in [1.29, 1.82) is 0 Å². The quantitative estimate of drug-likeness (QED) is 0.515. The first-order chi connectivity index (χ1) is 14.2. The SMILES string of the molecule is CCc1c(C(=O)Nc2ccc(Oc3ccccc3)cc2)cnn1-c1ccccn1. The van der Waals surface area contributed by atoms with E-state index in [-0.39, 0.29) is 5.91 Å². The molecule has 144 valence electrons. The number of aromatic nitrogens is 3. The second-order valence-corrected chi connectivity index (χ2v) is 6.35. The zero-order valence-electron chi connectivity index (χ0n) is 15.9. The fourth-order valence-corrected chi connectivity index (χ4v) is 3.01. The number of amides is 1. The van der Waals surface area contributed by atoms with Gasteiger partial charge >= 0.3 is 0 Å². The lowest BCUT2D eigenvalue weighted by molar-refractivity contribution is 0.102. The van der Waals surface area contributed by atoms with Gasteiger partial charge in [0.15, 0.2) is 5.82 Å². The number of hydrogen-bond acceptors (Lipinski definition) is 4. The molecule has 0 radical (unpaired) electrons. The minimum Gasteiger partial charge on any atom is -0.457 e. The molecule has 0 aliphatic rings. The minimum absolute atomic E-state index is 0.208. The highest BCUT2D eigenvalue weighted by Crippen LogP contribution is 2.23. The summed E-state index contributed by atoms with van der Waals surface area (Å²) in [5.41, 5.74) is 2.02. The fraction of sp³-hybridized carbons (Fsp3) is 0.0870.